The summed E-state index contributed by atoms with van der Waals surface area (Å²) in [6.07, 6.45) is 4.26. The molecule has 0 bridgehead atoms. The lowest BCUT2D eigenvalue weighted by Crippen LogP contribution is -2.07. The topological polar surface area (TPSA) is 43.0 Å². The fourth-order valence-corrected chi connectivity index (χ4v) is 2.38. The Kier molecular flexibility index (Phi) is 4.32. The molecule has 0 fully saturated rings. The number of aromatic nitrogens is 3. The summed E-state index contributed by atoms with van der Waals surface area (Å²) in [6.45, 7) is 7.40. The van der Waals surface area contributed by atoms with Crippen LogP contribution in [0.5, 0.6) is 0 Å². The maximum atomic E-state index is 9.81. The molecule has 0 aliphatic rings. The summed E-state index contributed by atoms with van der Waals surface area (Å²) in [7, 11) is 0. The van der Waals surface area contributed by atoms with Gasteiger partial charge in [-0.3, -0.25) is 4.68 Å². The zero-order chi connectivity index (χ0) is 14.0. The average molecular weight is 282 g/mol. The Balaban J connectivity index is 2.24. The van der Waals surface area contributed by atoms with Crippen molar-refractivity contribution in [3.8, 4) is 0 Å². The van der Waals surface area contributed by atoms with Gasteiger partial charge in [-0.2, -0.15) is 5.10 Å². The zero-order valence-electron chi connectivity index (χ0n) is 11.6. The van der Waals surface area contributed by atoms with E-state index >= 15 is 0 Å². The minimum atomic E-state index is -0.394. The number of nitrogens with zero attached hydrogens (tertiary/aromatic N) is 3. The number of halogens is 1. The Labute approximate surface area is 118 Å². The Hall–Kier alpha value is -1.26. The third-order valence-electron chi connectivity index (χ3n) is 3.33. The number of aryl methyl sites for hydroxylation is 2. The molecular weight excluding hydrogens is 262 g/mol. The second kappa shape index (κ2) is 5.80. The highest BCUT2D eigenvalue weighted by molar-refractivity contribution is 6.31. The molecule has 5 heteroatoms. The predicted octanol–water partition coefficient (Wildman–Crippen LogP) is 3.16. The van der Waals surface area contributed by atoms with E-state index in [0.717, 1.165) is 34.9 Å². The first kappa shape index (κ1) is 14.2. The third-order valence-corrected chi connectivity index (χ3v) is 3.82. The highest BCUT2D eigenvalue weighted by atomic mass is 35.5. The van der Waals surface area contributed by atoms with Gasteiger partial charge in [-0.1, -0.05) is 18.5 Å². The molecule has 2 aromatic rings. The molecule has 1 atom stereocenters. The van der Waals surface area contributed by atoms with Crippen molar-refractivity contribution in [3.63, 3.8) is 0 Å². The number of hydrogen-bond donors (Lipinski definition) is 1. The van der Waals surface area contributed by atoms with Crippen molar-refractivity contribution >= 4 is 11.6 Å². The maximum absolute atomic E-state index is 9.81. The largest absolute Gasteiger partial charge is 0.388 e. The molecule has 2 rings (SSSR count). The van der Waals surface area contributed by atoms with Crippen LogP contribution in [0, 0.1) is 6.92 Å². The summed E-state index contributed by atoms with van der Waals surface area (Å²) in [4.78, 5) is 0. The number of rotatable bonds is 5. The molecule has 0 spiro atoms. The van der Waals surface area contributed by atoms with Crippen molar-refractivity contribution in [2.45, 2.75) is 46.4 Å². The fourth-order valence-electron chi connectivity index (χ4n) is 2.18. The van der Waals surface area contributed by atoms with Crippen LogP contribution in [0.1, 0.15) is 43.3 Å². The lowest BCUT2D eigenvalue weighted by molar-refractivity contribution is 0.173. The van der Waals surface area contributed by atoms with Crippen LogP contribution < -0.4 is 0 Å². The monoisotopic (exact) mass is 281 g/mol. The van der Waals surface area contributed by atoms with Crippen LogP contribution in [-0.4, -0.2) is 19.5 Å². The molecule has 0 saturated carbocycles. The molecule has 1 unspecified atom stereocenters. The number of aliphatic hydroxyl groups is 1. The molecule has 104 valence electrons. The van der Waals surface area contributed by atoms with Gasteiger partial charge in [-0.05, 0) is 31.9 Å². The second-order valence-electron chi connectivity index (χ2n) is 4.70. The predicted molar refractivity (Wildman–Crippen MR) is 76.4 cm³/mol. The van der Waals surface area contributed by atoms with Crippen molar-refractivity contribution < 1.29 is 5.11 Å². The number of aliphatic hydroxyl groups excluding tert-OH is 1. The molecule has 0 amide bonds. The first-order valence-corrected chi connectivity index (χ1v) is 7.00. The minimum Gasteiger partial charge on any atom is -0.388 e. The van der Waals surface area contributed by atoms with Gasteiger partial charge >= 0.3 is 0 Å². The molecule has 19 heavy (non-hydrogen) atoms. The average Bonchev–Trinajstić information content (AvgIpc) is 2.98. The van der Waals surface area contributed by atoms with Crippen LogP contribution in [-0.2, 0) is 13.1 Å². The summed E-state index contributed by atoms with van der Waals surface area (Å²) < 4.78 is 3.95. The van der Waals surface area contributed by atoms with Gasteiger partial charge in [0.2, 0.25) is 0 Å². The SMILES string of the molecule is CCC(O)c1ccn(Cc2c(Cl)c(C)nn2CC)c1. The smallest absolute Gasteiger partial charge is 0.0865 e. The van der Waals surface area contributed by atoms with Gasteiger partial charge in [0.25, 0.3) is 0 Å². The van der Waals surface area contributed by atoms with Crippen LogP contribution in [0.3, 0.4) is 0 Å². The summed E-state index contributed by atoms with van der Waals surface area (Å²) in [5.74, 6) is 0. The summed E-state index contributed by atoms with van der Waals surface area (Å²) in [5, 5.41) is 14.9. The molecule has 1 N–H and O–H groups in total. The molecule has 2 heterocycles. The van der Waals surface area contributed by atoms with Crippen molar-refractivity contribution in [1.29, 1.82) is 0 Å². The van der Waals surface area contributed by atoms with E-state index in [1.54, 1.807) is 0 Å². The van der Waals surface area contributed by atoms with Gasteiger partial charge in [-0.15, -0.1) is 0 Å². The fraction of sp³-hybridized carbons (Fsp3) is 0.500. The molecule has 0 aromatic carbocycles. The molecule has 0 saturated heterocycles. The first-order valence-electron chi connectivity index (χ1n) is 6.62. The minimum absolute atomic E-state index is 0.394. The lowest BCUT2D eigenvalue weighted by atomic mass is 10.1. The maximum Gasteiger partial charge on any atom is 0.0865 e. The van der Waals surface area contributed by atoms with Crippen molar-refractivity contribution in [2.24, 2.45) is 0 Å². The van der Waals surface area contributed by atoms with Crippen molar-refractivity contribution in [2.75, 3.05) is 0 Å². The van der Waals surface area contributed by atoms with E-state index in [0.29, 0.717) is 6.54 Å². The standard InChI is InChI=1S/C14H20ClN3O/c1-4-13(19)11-6-7-17(8-11)9-12-14(15)10(3)16-18(12)5-2/h6-8,13,19H,4-5,9H2,1-3H3. The molecule has 0 aliphatic heterocycles. The van der Waals surface area contributed by atoms with E-state index in [-0.39, 0.29) is 0 Å². The van der Waals surface area contributed by atoms with Crippen LogP contribution >= 0.6 is 11.6 Å². The van der Waals surface area contributed by atoms with Gasteiger partial charge in [0, 0.05) is 18.9 Å². The van der Waals surface area contributed by atoms with E-state index in [1.807, 2.05) is 48.5 Å². The molecular formula is C14H20ClN3O. The van der Waals surface area contributed by atoms with Crippen molar-refractivity contribution in [3.05, 3.63) is 40.4 Å². The summed E-state index contributed by atoms with van der Waals surface area (Å²) >= 11 is 6.29. The van der Waals surface area contributed by atoms with Gasteiger partial charge in [0.05, 0.1) is 29.1 Å². The van der Waals surface area contributed by atoms with Crippen LogP contribution in [0.25, 0.3) is 0 Å². The molecule has 4 nitrogen and oxygen atoms in total. The quantitative estimate of drug-likeness (QED) is 0.915. The zero-order valence-corrected chi connectivity index (χ0v) is 12.4. The van der Waals surface area contributed by atoms with Gasteiger partial charge < -0.3 is 9.67 Å². The van der Waals surface area contributed by atoms with E-state index in [2.05, 4.69) is 5.10 Å². The first-order chi connectivity index (χ1) is 9.06. The highest BCUT2D eigenvalue weighted by Crippen LogP contribution is 2.22. The van der Waals surface area contributed by atoms with E-state index in [1.165, 1.54) is 0 Å². The number of hydrogen-bond acceptors (Lipinski definition) is 2. The normalized spacial score (nSPS) is 12.9. The van der Waals surface area contributed by atoms with Crippen LogP contribution in [0.2, 0.25) is 5.02 Å². The Morgan fingerprint density at radius 2 is 2.16 bits per heavy atom. The Morgan fingerprint density at radius 3 is 2.79 bits per heavy atom. The van der Waals surface area contributed by atoms with E-state index < -0.39 is 6.10 Å². The Bertz CT molecular complexity index is 559. The molecule has 0 radical (unpaired) electrons. The van der Waals surface area contributed by atoms with Crippen molar-refractivity contribution in [1.82, 2.24) is 14.3 Å². The highest BCUT2D eigenvalue weighted by Gasteiger charge is 2.13. The lowest BCUT2D eigenvalue weighted by Gasteiger charge is -2.07. The molecule has 2 aromatic heterocycles. The van der Waals surface area contributed by atoms with Crippen LogP contribution in [0.15, 0.2) is 18.5 Å². The van der Waals surface area contributed by atoms with Gasteiger partial charge in [-0.25, -0.2) is 0 Å². The van der Waals surface area contributed by atoms with Gasteiger partial charge in [0.1, 0.15) is 0 Å². The second-order valence-corrected chi connectivity index (χ2v) is 5.08. The summed E-state index contributed by atoms with van der Waals surface area (Å²) in [5.41, 5.74) is 2.81. The molecule has 0 aliphatic carbocycles. The van der Waals surface area contributed by atoms with Crippen LogP contribution in [0.4, 0.5) is 0 Å². The Morgan fingerprint density at radius 1 is 1.42 bits per heavy atom. The van der Waals surface area contributed by atoms with E-state index in [9.17, 15) is 5.11 Å². The summed E-state index contributed by atoms with van der Waals surface area (Å²) in [6, 6.07) is 1.95. The van der Waals surface area contributed by atoms with E-state index in [4.69, 9.17) is 11.6 Å². The third kappa shape index (κ3) is 2.85. The van der Waals surface area contributed by atoms with Gasteiger partial charge in [0.15, 0.2) is 0 Å².